The van der Waals surface area contributed by atoms with Crippen LogP contribution in [0.1, 0.15) is 0 Å². The summed E-state index contributed by atoms with van der Waals surface area (Å²) >= 11 is 0. The molecule has 0 radical (unpaired) electrons. The van der Waals surface area contributed by atoms with Gasteiger partial charge in [-0.25, -0.2) is 4.57 Å². The third kappa shape index (κ3) is 2.59. The van der Waals surface area contributed by atoms with Gasteiger partial charge in [0.15, 0.2) is 0 Å². The van der Waals surface area contributed by atoms with Crippen molar-refractivity contribution in [3.05, 3.63) is 0 Å². The molecule has 8 heteroatoms. The van der Waals surface area contributed by atoms with Crippen LogP contribution in [0.5, 0.6) is 0 Å². The van der Waals surface area contributed by atoms with E-state index in [9.17, 15) is 17.5 Å². The SMILES string of the molecule is N#COP(=O)(F)[PH](=O)F. The molecule has 0 aromatic rings. The van der Waals surface area contributed by atoms with E-state index in [1.54, 1.807) is 0 Å². The molecule has 0 saturated carbocycles. The van der Waals surface area contributed by atoms with E-state index in [4.69, 9.17) is 5.26 Å². The number of halogens is 2. The lowest BCUT2D eigenvalue weighted by atomic mass is 11.6. The topological polar surface area (TPSA) is 67.2 Å². The third-order valence-electron chi connectivity index (χ3n) is 0.368. The summed E-state index contributed by atoms with van der Waals surface area (Å²) in [5.41, 5.74) is 0. The minimum absolute atomic E-state index is 0.637. The fourth-order valence-electron chi connectivity index (χ4n) is 0.0884. The first kappa shape index (κ1) is 8.61. The largest absolute Gasteiger partial charge is 0.509 e. The van der Waals surface area contributed by atoms with E-state index >= 15 is 0 Å². The summed E-state index contributed by atoms with van der Waals surface area (Å²) in [5, 5.41) is 7.48. The van der Waals surface area contributed by atoms with Crippen LogP contribution in [0.25, 0.3) is 0 Å². The van der Waals surface area contributed by atoms with Crippen molar-refractivity contribution < 1.29 is 22.0 Å². The molecule has 0 aliphatic carbocycles. The standard InChI is InChI=1S/CHF2NO3P2/c2-8(5)9(3,6)7-1-4/h8H. The van der Waals surface area contributed by atoms with Gasteiger partial charge in [-0.1, -0.05) is 0 Å². The first-order valence-corrected chi connectivity index (χ1v) is 5.22. The predicted octanol–water partition coefficient (Wildman–Crippen LogP) is 2.01. The van der Waals surface area contributed by atoms with Crippen molar-refractivity contribution in [2.24, 2.45) is 0 Å². The average molecular weight is 175 g/mol. The zero-order valence-corrected chi connectivity index (χ0v) is 5.77. The maximum Gasteiger partial charge on any atom is 0.509 e. The van der Waals surface area contributed by atoms with Gasteiger partial charge in [0.25, 0.3) is 6.26 Å². The maximum absolute atomic E-state index is 11.7. The van der Waals surface area contributed by atoms with Gasteiger partial charge in [-0.15, -0.1) is 9.46 Å². The number of nitriles is 1. The first-order valence-electron chi connectivity index (χ1n) is 1.58. The molecule has 0 fully saturated rings. The van der Waals surface area contributed by atoms with Crippen LogP contribution in [-0.2, 0) is 13.7 Å². The molecule has 2 atom stereocenters. The molecule has 0 heterocycles. The molecule has 0 saturated heterocycles. The molecule has 0 bridgehead atoms. The van der Waals surface area contributed by atoms with Crippen LogP contribution in [0.2, 0.25) is 0 Å². The molecule has 0 amide bonds. The summed E-state index contributed by atoms with van der Waals surface area (Å²) in [6.45, 7) is 0. The van der Waals surface area contributed by atoms with E-state index in [1.807, 2.05) is 0 Å². The highest BCUT2D eigenvalue weighted by Gasteiger charge is 2.32. The van der Waals surface area contributed by atoms with Crippen molar-refractivity contribution >= 4 is 15.2 Å². The van der Waals surface area contributed by atoms with Crippen molar-refractivity contribution in [3.63, 3.8) is 0 Å². The summed E-state index contributed by atoms with van der Waals surface area (Å²) in [5.74, 6) is 0. The molecule has 0 aliphatic heterocycles. The van der Waals surface area contributed by atoms with E-state index in [1.165, 1.54) is 0 Å². The molecule has 0 spiro atoms. The van der Waals surface area contributed by atoms with Crippen LogP contribution in [0.15, 0.2) is 0 Å². The van der Waals surface area contributed by atoms with Gasteiger partial charge >= 0.3 is 15.2 Å². The van der Waals surface area contributed by atoms with Crippen molar-refractivity contribution in [1.82, 2.24) is 0 Å². The van der Waals surface area contributed by atoms with Gasteiger partial charge in [-0.05, 0) is 0 Å². The molecule has 0 rings (SSSR count). The smallest absolute Gasteiger partial charge is 0.340 e. The lowest BCUT2D eigenvalue weighted by Crippen LogP contribution is -1.65. The molecule has 4 nitrogen and oxygen atoms in total. The van der Waals surface area contributed by atoms with Crippen LogP contribution in [0, 0.1) is 11.5 Å². The molecule has 52 valence electrons. The van der Waals surface area contributed by atoms with E-state index in [0.29, 0.717) is 6.26 Å². The number of hydrogen-bond acceptors (Lipinski definition) is 4. The second-order valence-corrected chi connectivity index (χ2v) is 5.22. The van der Waals surface area contributed by atoms with E-state index in [0.717, 1.165) is 0 Å². The highest BCUT2D eigenvalue weighted by molar-refractivity contribution is 8.20. The summed E-state index contributed by atoms with van der Waals surface area (Å²) < 4.78 is 45.2. The normalized spacial score (nSPS) is 19.2. The molecule has 0 aromatic heterocycles. The Labute approximate surface area is 49.8 Å². The molecule has 2 unspecified atom stereocenters. The lowest BCUT2D eigenvalue weighted by Gasteiger charge is -1.94. The lowest BCUT2D eigenvalue weighted by molar-refractivity contribution is 0.422. The Morgan fingerprint density at radius 3 is 2.33 bits per heavy atom. The Morgan fingerprint density at radius 2 is 2.22 bits per heavy atom. The highest BCUT2D eigenvalue weighted by Crippen LogP contribution is 2.71. The Kier molecular flexibility index (Phi) is 2.83. The zero-order chi connectivity index (χ0) is 7.49. The van der Waals surface area contributed by atoms with Crippen LogP contribution in [0.4, 0.5) is 8.39 Å². The van der Waals surface area contributed by atoms with Crippen LogP contribution < -0.4 is 0 Å². The number of nitrogens with zero attached hydrogens (tertiary/aromatic N) is 1. The highest BCUT2D eigenvalue weighted by atomic mass is 32.1. The molecule has 0 aromatic carbocycles. The average Bonchev–Trinajstić information content (AvgIpc) is 1.65. The molecule has 0 N–H and O–H groups in total. The summed E-state index contributed by atoms with van der Waals surface area (Å²) in [6, 6.07) is 0. The van der Waals surface area contributed by atoms with Gasteiger partial charge in [0.05, 0.1) is 0 Å². The molecular weight excluding hydrogens is 174 g/mol. The van der Waals surface area contributed by atoms with Crippen molar-refractivity contribution in [2.75, 3.05) is 0 Å². The van der Waals surface area contributed by atoms with Crippen molar-refractivity contribution in [1.29, 1.82) is 5.26 Å². The maximum atomic E-state index is 11.7. The number of hydrogen-bond donors (Lipinski definition) is 0. The number of rotatable bonds is 2. The Morgan fingerprint density at radius 1 is 1.78 bits per heavy atom. The summed E-state index contributed by atoms with van der Waals surface area (Å²) in [7, 11) is -9.63. The minimum atomic E-state index is -5.25. The van der Waals surface area contributed by atoms with Crippen molar-refractivity contribution in [2.45, 2.75) is 0 Å². The zero-order valence-electron chi connectivity index (χ0n) is 3.88. The Balaban J connectivity index is 4.26. The van der Waals surface area contributed by atoms with E-state index in [-0.39, 0.29) is 0 Å². The van der Waals surface area contributed by atoms with E-state index < -0.39 is 15.2 Å². The molecule has 0 aliphatic rings. The van der Waals surface area contributed by atoms with E-state index in [2.05, 4.69) is 4.52 Å². The fourth-order valence-corrected chi connectivity index (χ4v) is 0.603. The monoisotopic (exact) mass is 175 g/mol. The summed E-state index contributed by atoms with van der Waals surface area (Å²) in [6.07, 6.45) is 0.637. The molecular formula is CHF2NO3P2. The second-order valence-electron chi connectivity index (χ2n) is 0.915. The first-order chi connectivity index (χ1) is 4.00. The Bertz CT molecular complexity index is 208. The summed E-state index contributed by atoms with van der Waals surface area (Å²) in [4.78, 5) is 0. The van der Waals surface area contributed by atoms with Crippen LogP contribution in [0.3, 0.4) is 0 Å². The van der Waals surface area contributed by atoms with Crippen LogP contribution in [-0.4, -0.2) is 0 Å². The van der Waals surface area contributed by atoms with Gasteiger partial charge in [0.1, 0.15) is 0 Å². The fraction of sp³-hybridized carbons (Fsp3) is 0. The molecule has 9 heavy (non-hydrogen) atoms. The van der Waals surface area contributed by atoms with Gasteiger partial charge in [-0.2, -0.15) is 4.20 Å². The van der Waals surface area contributed by atoms with Gasteiger partial charge in [-0.3, -0.25) is 4.57 Å². The predicted molar refractivity (Wildman–Crippen MR) is 25.5 cm³/mol. The quantitative estimate of drug-likeness (QED) is 0.475. The van der Waals surface area contributed by atoms with Crippen molar-refractivity contribution in [3.8, 4) is 6.26 Å². The van der Waals surface area contributed by atoms with Gasteiger partial charge in [0.2, 0.25) is 0 Å². The second kappa shape index (κ2) is 2.95. The third-order valence-corrected chi connectivity index (χ3v) is 2.64. The Hall–Kier alpha value is -0.390. The minimum Gasteiger partial charge on any atom is -0.340 e. The van der Waals surface area contributed by atoms with Crippen LogP contribution >= 0.6 is 15.2 Å². The van der Waals surface area contributed by atoms with Gasteiger partial charge in [0, 0.05) is 0 Å². The van der Waals surface area contributed by atoms with Gasteiger partial charge < -0.3 is 4.52 Å².